The number of carbonyl (C=O) groups excluding carboxylic acids is 4. The first-order chi connectivity index (χ1) is 15.4. The van der Waals surface area contributed by atoms with Crippen molar-refractivity contribution in [2.75, 3.05) is 13.6 Å². The lowest BCUT2D eigenvalue weighted by atomic mass is 10.0. The zero-order chi connectivity index (χ0) is 22.4. The molecule has 1 fully saturated rings. The molecule has 166 valence electrons. The fraction of sp³-hybridized carbons (Fsp3) is 0.409. The maximum atomic E-state index is 13.0. The highest BCUT2D eigenvalue weighted by molar-refractivity contribution is 6.23. The fourth-order valence-electron chi connectivity index (χ4n) is 4.65. The quantitative estimate of drug-likeness (QED) is 0.635. The zero-order valence-corrected chi connectivity index (χ0v) is 17.8. The molecular formula is C22H24N6O4. The van der Waals surface area contributed by atoms with Gasteiger partial charge in [0.1, 0.15) is 6.04 Å². The molecular weight excluding hydrogens is 412 g/mol. The number of amides is 4. The van der Waals surface area contributed by atoms with E-state index in [0.717, 1.165) is 35.7 Å². The smallest absolute Gasteiger partial charge is 0.262 e. The van der Waals surface area contributed by atoms with Crippen molar-refractivity contribution in [2.45, 2.75) is 45.1 Å². The zero-order valence-electron chi connectivity index (χ0n) is 17.8. The van der Waals surface area contributed by atoms with E-state index in [9.17, 15) is 19.2 Å². The first-order valence-electron chi connectivity index (χ1n) is 10.7. The largest absolute Gasteiger partial charge is 0.309 e. The van der Waals surface area contributed by atoms with E-state index in [-0.39, 0.29) is 18.7 Å². The summed E-state index contributed by atoms with van der Waals surface area (Å²) in [7, 11) is 2.00. The van der Waals surface area contributed by atoms with Crippen molar-refractivity contribution in [1.29, 1.82) is 0 Å². The molecule has 0 aliphatic carbocycles. The Balaban J connectivity index is 1.31. The third-order valence-electron chi connectivity index (χ3n) is 6.22. The third-order valence-corrected chi connectivity index (χ3v) is 6.22. The van der Waals surface area contributed by atoms with E-state index in [1.54, 1.807) is 12.1 Å². The summed E-state index contributed by atoms with van der Waals surface area (Å²) < 4.78 is 2.03. The molecule has 10 heteroatoms. The van der Waals surface area contributed by atoms with Crippen LogP contribution < -0.4 is 10.6 Å². The molecule has 1 aromatic heterocycles. The maximum Gasteiger partial charge on any atom is 0.262 e. The SMILES string of the molecule is CN(Cc1ccc2c(c1)C(=O)N(C1CCC(=O)NC1=O)C2=O)Cc1cnn2c1CNCC2. The Morgan fingerprint density at radius 1 is 1.12 bits per heavy atom. The van der Waals surface area contributed by atoms with Crippen molar-refractivity contribution in [3.05, 3.63) is 52.3 Å². The van der Waals surface area contributed by atoms with Crippen LogP contribution in [0, 0.1) is 0 Å². The van der Waals surface area contributed by atoms with Crippen molar-refractivity contribution in [3.63, 3.8) is 0 Å². The second kappa shape index (κ2) is 7.95. The van der Waals surface area contributed by atoms with Gasteiger partial charge < -0.3 is 5.32 Å². The van der Waals surface area contributed by atoms with Gasteiger partial charge in [-0.3, -0.25) is 39.0 Å². The molecule has 0 saturated carbocycles. The molecule has 4 heterocycles. The van der Waals surface area contributed by atoms with Crippen molar-refractivity contribution in [1.82, 2.24) is 30.2 Å². The van der Waals surface area contributed by atoms with Crippen LogP contribution in [0.2, 0.25) is 0 Å². The van der Waals surface area contributed by atoms with Gasteiger partial charge >= 0.3 is 0 Å². The molecule has 1 unspecified atom stereocenters. The summed E-state index contributed by atoms with van der Waals surface area (Å²) >= 11 is 0. The lowest BCUT2D eigenvalue weighted by Gasteiger charge is -2.27. The monoisotopic (exact) mass is 436 g/mol. The lowest BCUT2D eigenvalue weighted by molar-refractivity contribution is -0.136. The number of imide groups is 2. The van der Waals surface area contributed by atoms with E-state index >= 15 is 0 Å². The molecule has 2 N–H and O–H groups in total. The van der Waals surface area contributed by atoms with Crippen LogP contribution in [0.25, 0.3) is 0 Å². The van der Waals surface area contributed by atoms with Gasteiger partial charge in [0.25, 0.3) is 11.8 Å². The van der Waals surface area contributed by atoms with Gasteiger partial charge in [-0.05, 0) is 31.2 Å². The van der Waals surface area contributed by atoms with E-state index in [4.69, 9.17) is 0 Å². The topological polar surface area (TPSA) is 117 Å². The molecule has 0 radical (unpaired) electrons. The number of rotatable bonds is 5. The van der Waals surface area contributed by atoms with Gasteiger partial charge in [-0.2, -0.15) is 5.10 Å². The van der Waals surface area contributed by atoms with E-state index in [0.29, 0.717) is 24.2 Å². The molecule has 3 aliphatic rings. The number of carbonyl (C=O) groups is 4. The van der Waals surface area contributed by atoms with Crippen LogP contribution in [0.3, 0.4) is 0 Å². The minimum atomic E-state index is -0.951. The summed E-state index contributed by atoms with van der Waals surface area (Å²) in [5.41, 5.74) is 3.85. The van der Waals surface area contributed by atoms with Crippen LogP contribution in [0.1, 0.15) is 50.4 Å². The van der Waals surface area contributed by atoms with Gasteiger partial charge in [-0.25, -0.2) is 0 Å². The Bertz CT molecular complexity index is 1140. The van der Waals surface area contributed by atoms with E-state index in [1.807, 2.05) is 24.0 Å². The van der Waals surface area contributed by atoms with Gasteiger partial charge in [0.05, 0.1) is 29.6 Å². The normalized spacial score (nSPS) is 20.6. The van der Waals surface area contributed by atoms with Crippen molar-refractivity contribution in [2.24, 2.45) is 0 Å². The predicted octanol–water partition coefficient (Wildman–Crippen LogP) is 0.0195. The Hall–Kier alpha value is -3.37. The fourth-order valence-corrected chi connectivity index (χ4v) is 4.65. The highest BCUT2D eigenvalue weighted by atomic mass is 16.2. The van der Waals surface area contributed by atoms with Crippen LogP contribution in [0.5, 0.6) is 0 Å². The van der Waals surface area contributed by atoms with E-state index in [1.165, 1.54) is 5.69 Å². The Labute approximate surface area is 184 Å². The molecule has 0 bridgehead atoms. The van der Waals surface area contributed by atoms with Crippen LogP contribution in [-0.2, 0) is 35.8 Å². The molecule has 2 aromatic rings. The number of nitrogens with zero attached hydrogens (tertiary/aromatic N) is 4. The summed E-state index contributed by atoms with van der Waals surface area (Å²) in [4.78, 5) is 52.6. The first kappa shape index (κ1) is 20.5. The third kappa shape index (κ3) is 3.51. The van der Waals surface area contributed by atoms with Crippen molar-refractivity contribution >= 4 is 23.6 Å². The van der Waals surface area contributed by atoms with E-state index < -0.39 is 23.8 Å². The number of aromatic nitrogens is 2. The van der Waals surface area contributed by atoms with Crippen LogP contribution >= 0.6 is 0 Å². The second-order valence-corrected chi connectivity index (χ2v) is 8.52. The number of benzene rings is 1. The molecule has 3 aliphatic heterocycles. The number of hydrogen-bond donors (Lipinski definition) is 2. The number of fused-ring (bicyclic) bond motifs is 2. The maximum absolute atomic E-state index is 13.0. The number of hydrogen-bond acceptors (Lipinski definition) is 7. The standard InChI is InChI=1S/C22H24N6O4/c1-26(12-14-9-24-27-7-6-23-10-18(14)27)11-13-2-3-15-16(8-13)22(32)28(21(15)31)17-4-5-19(29)25-20(17)30/h2-3,8-9,17,23H,4-7,10-12H2,1H3,(H,25,29,30). The molecule has 5 rings (SSSR count). The van der Waals surface area contributed by atoms with Gasteiger partial charge in [-0.1, -0.05) is 6.07 Å². The molecule has 4 amide bonds. The molecule has 0 spiro atoms. The summed E-state index contributed by atoms with van der Waals surface area (Å²) in [6.07, 6.45) is 2.16. The van der Waals surface area contributed by atoms with E-state index in [2.05, 4.69) is 20.6 Å². The van der Waals surface area contributed by atoms with Crippen molar-refractivity contribution < 1.29 is 19.2 Å². The minimum Gasteiger partial charge on any atom is -0.309 e. The Morgan fingerprint density at radius 3 is 2.75 bits per heavy atom. The second-order valence-electron chi connectivity index (χ2n) is 8.52. The number of piperidine rings is 1. The summed E-state index contributed by atoms with van der Waals surface area (Å²) in [6.45, 7) is 3.88. The van der Waals surface area contributed by atoms with Crippen LogP contribution in [0.4, 0.5) is 0 Å². The first-order valence-corrected chi connectivity index (χ1v) is 10.7. The molecule has 1 aromatic carbocycles. The number of nitrogens with one attached hydrogen (secondary N) is 2. The predicted molar refractivity (Wildman–Crippen MR) is 112 cm³/mol. The highest BCUT2D eigenvalue weighted by Crippen LogP contribution is 2.28. The average Bonchev–Trinajstić information content (AvgIpc) is 3.27. The average molecular weight is 436 g/mol. The Morgan fingerprint density at radius 2 is 1.94 bits per heavy atom. The molecule has 1 saturated heterocycles. The van der Waals surface area contributed by atoms with Gasteiger partial charge in [0, 0.05) is 38.2 Å². The van der Waals surface area contributed by atoms with Gasteiger partial charge in [0.15, 0.2) is 0 Å². The summed E-state index contributed by atoms with van der Waals surface area (Å²) in [5.74, 6) is -1.96. The van der Waals surface area contributed by atoms with Crippen molar-refractivity contribution in [3.8, 4) is 0 Å². The van der Waals surface area contributed by atoms with Crippen LogP contribution in [0.15, 0.2) is 24.4 Å². The summed E-state index contributed by atoms with van der Waals surface area (Å²) in [5, 5.41) is 10.0. The lowest BCUT2D eigenvalue weighted by Crippen LogP contribution is -2.54. The van der Waals surface area contributed by atoms with Gasteiger partial charge in [0.2, 0.25) is 11.8 Å². The summed E-state index contributed by atoms with van der Waals surface area (Å²) in [6, 6.07) is 4.26. The molecule has 10 nitrogen and oxygen atoms in total. The molecule has 32 heavy (non-hydrogen) atoms. The van der Waals surface area contributed by atoms with Gasteiger partial charge in [-0.15, -0.1) is 0 Å². The van der Waals surface area contributed by atoms with Crippen LogP contribution in [-0.4, -0.2) is 62.8 Å². The minimum absolute atomic E-state index is 0.105. The Kier molecular flexibility index (Phi) is 5.10. The molecule has 1 atom stereocenters. The highest BCUT2D eigenvalue weighted by Gasteiger charge is 2.44.